The maximum atomic E-state index is 12.3. The van der Waals surface area contributed by atoms with Crippen LogP contribution in [0, 0.1) is 16.0 Å². The van der Waals surface area contributed by atoms with E-state index in [0.29, 0.717) is 13.0 Å². The number of aromatic carboxylic acids is 1. The molecule has 0 spiro atoms. The number of nitrogens with zero attached hydrogens (tertiary/aromatic N) is 1. The number of carbonyl (C=O) groups is 2. The Labute approximate surface area is 115 Å². The first-order chi connectivity index (χ1) is 9.54. The van der Waals surface area contributed by atoms with Gasteiger partial charge in [0.1, 0.15) is 17.2 Å². The first-order valence-corrected chi connectivity index (χ1v) is 5.34. The highest BCUT2D eigenvalue weighted by atomic mass is 19.4. The van der Waals surface area contributed by atoms with Gasteiger partial charge in [-0.3, -0.25) is 14.9 Å². The number of nitro groups is 1. The Hall–Kier alpha value is -2.65. The SMILES string of the molecule is CC(C(=O)Oc1ccc([N+](=O)[O-])c(C(=O)O)c1)C(F)(F)F. The Balaban J connectivity index is 3.06. The van der Waals surface area contributed by atoms with Crippen LogP contribution in [0.15, 0.2) is 18.2 Å². The molecule has 0 amide bonds. The van der Waals surface area contributed by atoms with E-state index >= 15 is 0 Å². The third kappa shape index (κ3) is 3.91. The second kappa shape index (κ2) is 5.77. The summed E-state index contributed by atoms with van der Waals surface area (Å²) < 4.78 is 41.3. The van der Waals surface area contributed by atoms with Crippen LogP contribution in [0.2, 0.25) is 0 Å². The Bertz CT molecular complexity index is 598. The smallest absolute Gasteiger partial charge is 0.401 e. The van der Waals surface area contributed by atoms with Gasteiger partial charge in [-0.1, -0.05) is 0 Å². The highest BCUT2D eigenvalue weighted by Crippen LogP contribution is 2.29. The molecule has 1 aromatic carbocycles. The van der Waals surface area contributed by atoms with Gasteiger partial charge in [-0.05, 0) is 13.0 Å². The minimum Gasteiger partial charge on any atom is -0.477 e. The second-order valence-electron chi connectivity index (χ2n) is 3.93. The molecule has 1 N–H and O–H groups in total. The van der Waals surface area contributed by atoms with Gasteiger partial charge >= 0.3 is 18.1 Å². The zero-order chi connectivity index (χ0) is 16.4. The van der Waals surface area contributed by atoms with Gasteiger partial charge in [-0.2, -0.15) is 13.2 Å². The van der Waals surface area contributed by atoms with E-state index in [1.54, 1.807) is 0 Å². The van der Waals surface area contributed by atoms with Crippen LogP contribution in [0.3, 0.4) is 0 Å². The van der Waals surface area contributed by atoms with Crippen molar-refractivity contribution >= 4 is 17.6 Å². The fourth-order valence-electron chi connectivity index (χ4n) is 1.25. The topological polar surface area (TPSA) is 107 Å². The highest BCUT2D eigenvalue weighted by Gasteiger charge is 2.42. The molecule has 0 aliphatic carbocycles. The van der Waals surface area contributed by atoms with E-state index in [1.807, 2.05) is 0 Å². The van der Waals surface area contributed by atoms with Crippen molar-refractivity contribution in [2.24, 2.45) is 5.92 Å². The van der Waals surface area contributed by atoms with Gasteiger partial charge in [0.2, 0.25) is 0 Å². The van der Waals surface area contributed by atoms with Gasteiger partial charge in [0.05, 0.1) is 4.92 Å². The number of benzene rings is 1. The van der Waals surface area contributed by atoms with Gasteiger partial charge in [0.15, 0.2) is 0 Å². The molecule has 0 bridgehead atoms. The number of rotatable bonds is 4. The predicted molar refractivity (Wildman–Crippen MR) is 60.9 cm³/mol. The maximum Gasteiger partial charge on any atom is 0.401 e. The lowest BCUT2D eigenvalue weighted by molar-refractivity contribution is -0.385. The summed E-state index contributed by atoms with van der Waals surface area (Å²) in [7, 11) is 0. The van der Waals surface area contributed by atoms with Crippen LogP contribution in [0.1, 0.15) is 17.3 Å². The summed E-state index contributed by atoms with van der Waals surface area (Å²) in [5.74, 6) is -6.27. The van der Waals surface area contributed by atoms with Gasteiger partial charge in [-0.25, -0.2) is 4.79 Å². The zero-order valence-electron chi connectivity index (χ0n) is 10.4. The first kappa shape index (κ1) is 16.4. The highest BCUT2D eigenvalue weighted by molar-refractivity contribution is 5.93. The Morgan fingerprint density at radius 1 is 1.38 bits per heavy atom. The number of carbonyl (C=O) groups excluding carboxylic acids is 1. The van der Waals surface area contributed by atoms with Gasteiger partial charge in [-0.15, -0.1) is 0 Å². The summed E-state index contributed by atoms with van der Waals surface area (Å²) in [6, 6.07) is 2.18. The van der Waals surface area contributed by atoms with Gasteiger partial charge in [0, 0.05) is 12.1 Å². The lowest BCUT2D eigenvalue weighted by Gasteiger charge is -2.14. The van der Waals surface area contributed by atoms with Crippen LogP contribution in [0.25, 0.3) is 0 Å². The fraction of sp³-hybridized carbons (Fsp3) is 0.273. The standard InChI is InChI=1S/C11H8F3NO6/c1-5(11(12,13)14)10(18)21-6-2-3-8(15(19)20)7(4-6)9(16)17/h2-5H,1H3,(H,16,17). The zero-order valence-corrected chi connectivity index (χ0v) is 10.4. The number of carboxylic acids is 1. The van der Waals surface area contributed by atoms with E-state index in [9.17, 15) is 32.9 Å². The molecule has 1 unspecified atom stereocenters. The molecule has 0 heterocycles. The molecule has 0 aliphatic heterocycles. The van der Waals surface area contributed by atoms with Crippen LogP contribution >= 0.6 is 0 Å². The number of halogens is 3. The minimum atomic E-state index is -4.81. The van der Waals surface area contributed by atoms with E-state index in [1.165, 1.54) is 0 Å². The summed E-state index contributed by atoms with van der Waals surface area (Å²) >= 11 is 0. The first-order valence-electron chi connectivity index (χ1n) is 5.34. The molecule has 7 nitrogen and oxygen atoms in total. The Morgan fingerprint density at radius 3 is 2.38 bits per heavy atom. The quantitative estimate of drug-likeness (QED) is 0.396. The van der Waals surface area contributed by atoms with Crippen molar-refractivity contribution in [1.82, 2.24) is 0 Å². The number of nitro benzene ring substituents is 1. The maximum absolute atomic E-state index is 12.3. The van der Waals surface area contributed by atoms with Crippen molar-refractivity contribution in [2.75, 3.05) is 0 Å². The van der Waals surface area contributed by atoms with Crippen LogP contribution in [-0.4, -0.2) is 28.1 Å². The lowest BCUT2D eigenvalue weighted by atomic mass is 10.1. The largest absolute Gasteiger partial charge is 0.477 e. The molecule has 114 valence electrons. The molecule has 0 aromatic heterocycles. The van der Waals surface area contributed by atoms with Crippen LogP contribution in [-0.2, 0) is 4.79 Å². The van der Waals surface area contributed by atoms with Crippen molar-refractivity contribution in [3.63, 3.8) is 0 Å². The number of esters is 1. The molecule has 0 saturated carbocycles. The van der Waals surface area contributed by atoms with Crippen molar-refractivity contribution in [3.05, 3.63) is 33.9 Å². The normalized spacial score (nSPS) is 12.6. The number of hydrogen-bond donors (Lipinski definition) is 1. The third-order valence-corrected chi connectivity index (χ3v) is 2.46. The summed E-state index contributed by atoms with van der Waals surface area (Å²) in [6.07, 6.45) is -4.81. The molecular formula is C11H8F3NO6. The average molecular weight is 307 g/mol. The number of alkyl halides is 3. The summed E-state index contributed by atoms with van der Waals surface area (Å²) in [4.78, 5) is 31.7. The number of ether oxygens (including phenoxy) is 1. The van der Waals surface area contributed by atoms with E-state index in [0.717, 1.165) is 12.1 Å². The second-order valence-corrected chi connectivity index (χ2v) is 3.93. The third-order valence-electron chi connectivity index (χ3n) is 2.46. The molecule has 1 rings (SSSR count). The van der Waals surface area contributed by atoms with E-state index in [2.05, 4.69) is 4.74 Å². The van der Waals surface area contributed by atoms with Crippen LogP contribution in [0.4, 0.5) is 18.9 Å². The van der Waals surface area contributed by atoms with Gasteiger partial charge < -0.3 is 9.84 Å². The minimum absolute atomic E-state index is 0.529. The Morgan fingerprint density at radius 2 is 1.95 bits per heavy atom. The monoisotopic (exact) mass is 307 g/mol. The van der Waals surface area contributed by atoms with Crippen molar-refractivity contribution in [2.45, 2.75) is 13.1 Å². The van der Waals surface area contributed by atoms with Crippen molar-refractivity contribution in [3.8, 4) is 5.75 Å². The molecule has 0 fully saturated rings. The van der Waals surface area contributed by atoms with Gasteiger partial charge in [0.25, 0.3) is 5.69 Å². The molecule has 1 atom stereocenters. The molecule has 0 saturated heterocycles. The molecule has 0 radical (unpaired) electrons. The molecule has 0 aliphatic rings. The molecule has 1 aromatic rings. The van der Waals surface area contributed by atoms with E-state index < -0.39 is 46.0 Å². The Kier molecular flexibility index (Phi) is 4.51. The lowest BCUT2D eigenvalue weighted by Crippen LogP contribution is -2.31. The van der Waals surface area contributed by atoms with Crippen LogP contribution in [0.5, 0.6) is 5.75 Å². The average Bonchev–Trinajstić information content (AvgIpc) is 2.36. The number of hydrogen-bond acceptors (Lipinski definition) is 5. The van der Waals surface area contributed by atoms with E-state index in [-0.39, 0.29) is 0 Å². The summed E-state index contributed by atoms with van der Waals surface area (Å²) in [6.45, 7) is 0.575. The van der Waals surface area contributed by atoms with Crippen molar-refractivity contribution < 1.29 is 37.5 Å². The summed E-state index contributed by atoms with van der Waals surface area (Å²) in [5.41, 5.74) is -1.57. The van der Waals surface area contributed by atoms with Crippen molar-refractivity contribution in [1.29, 1.82) is 0 Å². The summed E-state index contributed by atoms with van der Waals surface area (Å²) in [5, 5.41) is 19.4. The molecule has 21 heavy (non-hydrogen) atoms. The number of carboxylic acid groups (broad SMARTS) is 1. The van der Waals surface area contributed by atoms with E-state index in [4.69, 9.17) is 5.11 Å². The molecule has 10 heteroatoms. The fourth-order valence-corrected chi connectivity index (χ4v) is 1.25. The molecular weight excluding hydrogens is 299 g/mol. The predicted octanol–water partition coefficient (Wildman–Crippen LogP) is 2.40. The van der Waals surface area contributed by atoms with Crippen LogP contribution < -0.4 is 4.74 Å².